The third kappa shape index (κ3) is 4.29. The maximum absolute atomic E-state index is 13.6. The molecular weight excluding hydrogens is 371 g/mol. The summed E-state index contributed by atoms with van der Waals surface area (Å²) < 4.78 is 13.6. The van der Waals surface area contributed by atoms with Gasteiger partial charge in [-0.3, -0.25) is 14.6 Å². The van der Waals surface area contributed by atoms with Gasteiger partial charge in [0.15, 0.2) is 0 Å². The molecule has 3 rings (SSSR count). The fourth-order valence-electron chi connectivity index (χ4n) is 3.74. The van der Waals surface area contributed by atoms with Crippen LogP contribution in [-0.2, 0) is 9.59 Å². The van der Waals surface area contributed by atoms with E-state index in [4.69, 9.17) is 0 Å². The van der Waals surface area contributed by atoms with E-state index in [0.717, 1.165) is 19.6 Å². The zero-order chi connectivity index (χ0) is 21.1. The average molecular weight is 398 g/mol. The molecule has 1 atom stereocenters. The Morgan fingerprint density at radius 2 is 2.07 bits per heavy atom. The molecule has 1 aromatic carbocycles. The molecule has 0 aliphatic carbocycles. The molecule has 6 nitrogen and oxygen atoms in total. The highest BCUT2D eigenvalue weighted by Gasteiger charge is 2.31. The summed E-state index contributed by atoms with van der Waals surface area (Å²) >= 11 is 0. The van der Waals surface area contributed by atoms with Crippen LogP contribution in [0.3, 0.4) is 0 Å². The molecule has 1 unspecified atom stereocenters. The van der Waals surface area contributed by atoms with E-state index in [-0.39, 0.29) is 17.7 Å². The van der Waals surface area contributed by atoms with Crippen LogP contribution in [0.2, 0.25) is 0 Å². The van der Waals surface area contributed by atoms with Crippen molar-refractivity contribution >= 4 is 28.8 Å². The molecule has 29 heavy (non-hydrogen) atoms. The Kier molecular flexibility index (Phi) is 6.27. The molecule has 7 heteroatoms. The van der Waals surface area contributed by atoms with Gasteiger partial charge in [0, 0.05) is 47.2 Å². The van der Waals surface area contributed by atoms with Crippen LogP contribution in [-0.4, -0.2) is 48.6 Å². The van der Waals surface area contributed by atoms with E-state index in [0.29, 0.717) is 40.4 Å². The molecule has 2 N–H and O–H groups in total. The normalized spacial score (nSPS) is 19.7. The Labute approximate surface area is 170 Å². The lowest BCUT2D eigenvalue weighted by Gasteiger charge is -2.18. The molecule has 0 aromatic heterocycles. The van der Waals surface area contributed by atoms with Crippen LogP contribution >= 0.6 is 0 Å². The zero-order valence-corrected chi connectivity index (χ0v) is 17.3. The van der Waals surface area contributed by atoms with Gasteiger partial charge in [0.25, 0.3) is 5.91 Å². The number of aliphatic imine (C=N–C) groups is 1. The van der Waals surface area contributed by atoms with Crippen LogP contribution < -0.4 is 10.6 Å². The standard InChI is InChI=1S/C22H27FN4O2/c1-5-27(6-2)10-9-24-22(29)20-13(3)19(25-14(20)4)12-17-16-11-15(23)7-8-18(16)26-21(17)28/h7-8,11-13H,5-6,9-10H2,1-4H3,(H,24,29)(H,26,28)/b17-12-. The van der Waals surface area contributed by atoms with E-state index >= 15 is 0 Å². The molecule has 0 spiro atoms. The molecule has 0 fully saturated rings. The van der Waals surface area contributed by atoms with Crippen LogP contribution in [0.15, 0.2) is 40.5 Å². The minimum atomic E-state index is -0.407. The number of hydrogen-bond acceptors (Lipinski definition) is 4. The average Bonchev–Trinajstić information content (AvgIpc) is 3.14. The first-order chi connectivity index (χ1) is 13.8. The van der Waals surface area contributed by atoms with E-state index in [1.165, 1.54) is 12.1 Å². The summed E-state index contributed by atoms with van der Waals surface area (Å²) in [5.41, 5.74) is 3.32. The Morgan fingerprint density at radius 1 is 1.34 bits per heavy atom. The van der Waals surface area contributed by atoms with Crippen LogP contribution in [0.5, 0.6) is 0 Å². The largest absolute Gasteiger partial charge is 0.351 e. The minimum absolute atomic E-state index is 0.137. The quantitative estimate of drug-likeness (QED) is 0.694. The SMILES string of the molecule is CCN(CC)CCNC(=O)C1=C(C)N=C(/C=C2\C(=O)Nc3ccc(F)cc32)C1C. The van der Waals surface area contributed by atoms with Gasteiger partial charge in [-0.25, -0.2) is 4.39 Å². The second kappa shape index (κ2) is 8.69. The third-order valence-corrected chi connectivity index (χ3v) is 5.47. The Bertz CT molecular complexity index is 929. The molecule has 2 heterocycles. The number of rotatable bonds is 7. The first kappa shape index (κ1) is 20.9. The lowest BCUT2D eigenvalue weighted by atomic mass is 9.94. The topological polar surface area (TPSA) is 73.8 Å². The number of fused-ring (bicyclic) bond motifs is 1. The van der Waals surface area contributed by atoms with Gasteiger partial charge < -0.3 is 15.5 Å². The Balaban J connectivity index is 1.73. The van der Waals surface area contributed by atoms with Gasteiger partial charge in [-0.2, -0.15) is 0 Å². The summed E-state index contributed by atoms with van der Waals surface area (Å²) in [6.45, 7) is 11.1. The lowest BCUT2D eigenvalue weighted by molar-refractivity contribution is -0.117. The molecule has 1 aromatic rings. The molecule has 0 radical (unpaired) electrons. The van der Waals surface area contributed by atoms with Crippen molar-refractivity contribution in [1.82, 2.24) is 10.2 Å². The van der Waals surface area contributed by atoms with Gasteiger partial charge in [0.2, 0.25) is 5.91 Å². The van der Waals surface area contributed by atoms with Gasteiger partial charge >= 0.3 is 0 Å². The summed E-state index contributed by atoms with van der Waals surface area (Å²) in [4.78, 5) is 31.8. The number of anilines is 1. The number of halogens is 1. The van der Waals surface area contributed by atoms with Crippen molar-refractivity contribution in [2.45, 2.75) is 27.7 Å². The van der Waals surface area contributed by atoms with Crippen molar-refractivity contribution in [3.8, 4) is 0 Å². The number of hydrogen-bond donors (Lipinski definition) is 2. The van der Waals surface area contributed by atoms with Crippen LogP contribution in [0, 0.1) is 11.7 Å². The highest BCUT2D eigenvalue weighted by Crippen LogP contribution is 2.34. The fourth-order valence-corrected chi connectivity index (χ4v) is 3.74. The number of allylic oxidation sites excluding steroid dienone is 2. The van der Waals surface area contributed by atoms with Gasteiger partial charge in [-0.15, -0.1) is 0 Å². The molecular formula is C22H27FN4O2. The number of nitrogens with one attached hydrogen (secondary N) is 2. The molecule has 0 saturated heterocycles. The van der Waals surface area contributed by atoms with Crippen molar-refractivity contribution in [2.24, 2.45) is 10.9 Å². The molecule has 0 saturated carbocycles. The summed E-state index contributed by atoms with van der Waals surface area (Å²) in [7, 11) is 0. The second-order valence-electron chi connectivity index (χ2n) is 7.24. The van der Waals surface area contributed by atoms with Gasteiger partial charge in [0.1, 0.15) is 5.82 Å². The number of benzene rings is 1. The summed E-state index contributed by atoms with van der Waals surface area (Å²) in [5, 5.41) is 5.70. The maximum Gasteiger partial charge on any atom is 0.256 e. The van der Waals surface area contributed by atoms with Crippen molar-refractivity contribution in [3.05, 3.63) is 46.9 Å². The first-order valence-corrected chi connectivity index (χ1v) is 9.98. The van der Waals surface area contributed by atoms with Crippen LogP contribution in [0.1, 0.15) is 33.3 Å². The highest BCUT2D eigenvalue weighted by atomic mass is 19.1. The van der Waals surface area contributed by atoms with Crippen molar-refractivity contribution < 1.29 is 14.0 Å². The smallest absolute Gasteiger partial charge is 0.256 e. The highest BCUT2D eigenvalue weighted by molar-refractivity contribution is 6.35. The summed E-state index contributed by atoms with van der Waals surface area (Å²) in [5.74, 6) is -1.09. The van der Waals surface area contributed by atoms with Crippen molar-refractivity contribution in [2.75, 3.05) is 31.5 Å². The lowest BCUT2D eigenvalue weighted by Crippen LogP contribution is -2.36. The molecule has 0 bridgehead atoms. The van der Waals surface area contributed by atoms with Crippen molar-refractivity contribution in [3.63, 3.8) is 0 Å². The molecule has 2 aliphatic heterocycles. The van der Waals surface area contributed by atoms with Gasteiger partial charge in [-0.05, 0) is 44.3 Å². The maximum atomic E-state index is 13.6. The van der Waals surface area contributed by atoms with E-state index in [2.05, 4.69) is 34.4 Å². The monoisotopic (exact) mass is 398 g/mol. The number of amides is 2. The van der Waals surface area contributed by atoms with E-state index in [9.17, 15) is 14.0 Å². The molecule has 2 amide bonds. The van der Waals surface area contributed by atoms with E-state index in [1.807, 2.05) is 6.92 Å². The fraction of sp³-hybridized carbons (Fsp3) is 0.409. The predicted molar refractivity (Wildman–Crippen MR) is 113 cm³/mol. The number of carbonyl (C=O) groups excluding carboxylic acids is 2. The first-order valence-electron chi connectivity index (χ1n) is 9.98. The summed E-state index contributed by atoms with van der Waals surface area (Å²) in [6.07, 6.45) is 1.66. The summed E-state index contributed by atoms with van der Waals surface area (Å²) in [6, 6.07) is 4.19. The Hall–Kier alpha value is -2.80. The van der Waals surface area contributed by atoms with E-state index < -0.39 is 5.82 Å². The van der Waals surface area contributed by atoms with Crippen LogP contribution in [0.4, 0.5) is 10.1 Å². The van der Waals surface area contributed by atoms with Gasteiger partial charge in [0.05, 0.1) is 5.57 Å². The number of nitrogens with zero attached hydrogens (tertiary/aromatic N) is 2. The van der Waals surface area contributed by atoms with E-state index in [1.54, 1.807) is 19.1 Å². The zero-order valence-electron chi connectivity index (χ0n) is 17.3. The van der Waals surface area contributed by atoms with Crippen LogP contribution in [0.25, 0.3) is 5.57 Å². The molecule has 154 valence electrons. The van der Waals surface area contributed by atoms with Gasteiger partial charge in [-0.1, -0.05) is 20.8 Å². The molecule has 2 aliphatic rings. The number of likely N-dealkylation sites (N-methyl/N-ethyl adjacent to an activating group) is 1. The predicted octanol–water partition coefficient (Wildman–Crippen LogP) is 2.98. The third-order valence-electron chi connectivity index (χ3n) is 5.47. The minimum Gasteiger partial charge on any atom is -0.351 e. The number of carbonyl (C=O) groups is 2. The van der Waals surface area contributed by atoms with Crippen molar-refractivity contribution in [1.29, 1.82) is 0 Å². The Morgan fingerprint density at radius 3 is 2.76 bits per heavy atom. The second-order valence-corrected chi connectivity index (χ2v) is 7.24.